The van der Waals surface area contributed by atoms with Crippen LogP contribution in [0.15, 0.2) is 72.8 Å². The fourth-order valence-corrected chi connectivity index (χ4v) is 5.94. The average Bonchev–Trinajstić information content (AvgIpc) is 2.92. The number of imide groups is 2. The van der Waals surface area contributed by atoms with Crippen molar-refractivity contribution in [3.63, 3.8) is 0 Å². The van der Waals surface area contributed by atoms with Gasteiger partial charge in [0.25, 0.3) is 5.91 Å². The lowest BCUT2D eigenvalue weighted by Gasteiger charge is -2.55. The molecular weight excluding hydrogens is 475 g/mol. The number of methoxy groups -OCH3 is 1. The van der Waals surface area contributed by atoms with E-state index < -0.39 is 35.1 Å². The number of anilines is 3. The zero-order valence-electron chi connectivity index (χ0n) is 20.2. The molecule has 3 aliphatic heterocycles. The maximum absolute atomic E-state index is 15.2. The molecule has 3 heterocycles. The largest absolute Gasteiger partial charge is 0.495 e. The molecule has 2 saturated heterocycles. The number of fused-ring (bicyclic) bond motifs is 4. The van der Waals surface area contributed by atoms with Crippen LogP contribution in [0.1, 0.15) is 5.56 Å². The van der Waals surface area contributed by atoms with Crippen LogP contribution in [0, 0.1) is 11.2 Å². The van der Waals surface area contributed by atoms with E-state index in [1.807, 2.05) is 29.2 Å². The first-order chi connectivity index (χ1) is 18.0. The Balaban J connectivity index is 1.51. The van der Waals surface area contributed by atoms with Crippen LogP contribution in [-0.4, -0.2) is 50.6 Å². The number of halogens is 1. The van der Waals surface area contributed by atoms with Gasteiger partial charge in [-0.25, -0.2) is 14.1 Å². The number of amides is 4. The van der Waals surface area contributed by atoms with Crippen molar-refractivity contribution in [2.45, 2.75) is 12.5 Å². The second-order valence-corrected chi connectivity index (χ2v) is 9.46. The minimum atomic E-state index is -1.65. The Bertz CT molecular complexity index is 1410. The van der Waals surface area contributed by atoms with Crippen molar-refractivity contribution in [2.75, 3.05) is 41.4 Å². The molecule has 6 rings (SSSR count). The van der Waals surface area contributed by atoms with Gasteiger partial charge in [0.1, 0.15) is 11.6 Å². The number of hydrogen-bond acceptors (Lipinski definition) is 6. The first-order valence-electron chi connectivity index (χ1n) is 12.1. The maximum atomic E-state index is 15.2. The summed E-state index contributed by atoms with van der Waals surface area (Å²) in [5.74, 6) is -1.02. The summed E-state index contributed by atoms with van der Waals surface area (Å²) in [7, 11) is 1.59. The molecule has 4 amide bonds. The van der Waals surface area contributed by atoms with Gasteiger partial charge in [0, 0.05) is 26.1 Å². The average molecular weight is 501 g/mol. The molecule has 2 fully saturated rings. The summed E-state index contributed by atoms with van der Waals surface area (Å²) >= 11 is 0. The van der Waals surface area contributed by atoms with Crippen molar-refractivity contribution in [1.29, 1.82) is 0 Å². The Hall–Kier alpha value is -4.40. The van der Waals surface area contributed by atoms with E-state index in [-0.39, 0.29) is 13.0 Å². The molecule has 0 aromatic heterocycles. The third-order valence-electron chi connectivity index (χ3n) is 7.63. The van der Waals surface area contributed by atoms with Gasteiger partial charge in [-0.15, -0.1) is 0 Å². The number of para-hydroxylation sites is 4. The number of hydrogen-bond donors (Lipinski definition) is 1. The fourth-order valence-electron chi connectivity index (χ4n) is 5.94. The fraction of sp³-hybridized carbons (Fsp3) is 0.250. The zero-order valence-corrected chi connectivity index (χ0v) is 20.2. The van der Waals surface area contributed by atoms with Gasteiger partial charge in [-0.1, -0.05) is 42.5 Å². The predicted octanol–water partition coefficient (Wildman–Crippen LogP) is 3.36. The minimum Gasteiger partial charge on any atom is -0.495 e. The summed E-state index contributed by atoms with van der Waals surface area (Å²) in [6.07, 6.45) is -0.0255. The van der Waals surface area contributed by atoms with Crippen LogP contribution in [0.3, 0.4) is 0 Å². The third kappa shape index (κ3) is 3.37. The summed E-state index contributed by atoms with van der Waals surface area (Å²) in [6, 6.07) is 19.2. The lowest BCUT2D eigenvalue weighted by atomic mass is 9.67. The molecule has 0 unspecified atom stereocenters. The number of carbonyl (C=O) groups is 3. The lowest BCUT2D eigenvalue weighted by Crippen LogP contribution is -2.75. The SMILES string of the molecule is COc1ccccc1N1CCN2c3c(F)cccc3C[C@@]3(C(=O)NC(=O)N(c4ccccc4)C3=O)[C@H]2C1. The number of piperazine rings is 1. The van der Waals surface area contributed by atoms with Crippen LogP contribution < -0.4 is 24.8 Å². The summed E-state index contributed by atoms with van der Waals surface area (Å²) in [5.41, 5.74) is 0.504. The molecule has 1 N–H and O–H groups in total. The minimum absolute atomic E-state index is 0.0255. The number of nitrogens with zero attached hydrogens (tertiary/aromatic N) is 3. The van der Waals surface area contributed by atoms with E-state index in [2.05, 4.69) is 10.2 Å². The molecule has 0 saturated carbocycles. The molecule has 3 aromatic rings. The lowest BCUT2D eigenvalue weighted by molar-refractivity contribution is -0.144. The summed E-state index contributed by atoms with van der Waals surface area (Å²) in [5, 5.41) is 2.44. The Kier molecular flexibility index (Phi) is 5.36. The molecule has 9 heteroatoms. The molecule has 188 valence electrons. The van der Waals surface area contributed by atoms with E-state index in [9.17, 15) is 14.4 Å². The van der Waals surface area contributed by atoms with Gasteiger partial charge in [-0.3, -0.25) is 14.9 Å². The molecule has 0 bridgehead atoms. The number of ether oxygens (including phenoxy) is 1. The van der Waals surface area contributed by atoms with Crippen molar-refractivity contribution in [3.05, 3.63) is 84.2 Å². The quantitative estimate of drug-likeness (QED) is 0.556. The highest BCUT2D eigenvalue weighted by atomic mass is 19.1. The van der Waals surface area contributed by atoms with Crippen LogP contribution in [-0.2, 0) is 16.0 Å². The Labute approximate surface area is 213 Å². The predicted molar refractivity (Wildman–Crippen MR) is 136 cm³/mol. The van der Waals surface area contributed by atoms with Gasteiger partial charge in [-0.05, 0) is 35.9 Å². The van der Waals surface area contributed by atoms with Crippen LogP contribution in [0.25, 0.3) is 0 Å². The number of rotatable bonds is 3. The van der Waals surface area contributed by atoms with Crippen molar-refractivity contribution < 1.29 is 23.5 Å². The molecular formula is C28H25FN4O4. The van der Waals surface area contributed by atoms with Gasteiger partial charge in [0.15, 0.2) is 5.41 Å². The zero-order chi connectivity index (χ0) is 25.7. The Morgan fingerprint density at radius 3 is 2.49 bits per heavy atom. The van der Waals surface area contributed by atoms with E-state index in [4.69, 9.17) is 4.74 Å². The summed E-state index contributed by atoms with van der Waals surface area (Å²) in [4.78, 5) is 45.9. The normalized spacial score (nSPS) is 23.0. The standard InChI is InChI=1S/C28H25FN4O4/c1-37-22-13-6-5-12-21(22)31-14-15-32-23(17-31)28(16-18-8-7-11-20(29)24(18)32)25(34)30-27(36)33(26(28)35)19-9-3-2-4-10-19/h2-13,23H,14-17H2,1H3,(H,30,34,36)/t23-,28+/m1/s1. The first kappa shape index (κ1) is 23.0. The van der Waals surface area contributed by atoms with Gasteiger partial charge < -0.3 is 14.5 Å². The molecule has 1 spiro atoms. The highest BCUT2D eigenvalue weighted by Gasteiger charge is 2.63. The van der Waals surface area contributed by atoms with Crippen molar-refractivity contribution in [3.8, 4) is 5.75 Å². The maximum Gasteiger partial charge on any atom is 0.335 e. The van der Waals surface area contributed by atoms with Crippen molar-refractivity contribution >= 4 is 34.9 Å². The topological polar surface area (TPSA) is 82.2 Å². The second-order valence-electron chi connectivity index (χ2n) is 9.46. The summed E-state index contributed by atoms with van der Waals surface area (Å²) in [6.45, 7) is 1.15. The van der Waals surface area contributed by atoms with E-state index in [1.54, 1.807) is 49.6 Å². The molecule has 2 atom stereocenters. The summed E-state index contributed by atoms with van der Waals surface area (Å²) < 4.78 is 20.8. The van der Waals surface area contributed by atoms with Gasteiger partial charge in [0.2, 0.25) is 5.91 Å². The van der Waals surface area contributed by atoms with Crippen molar-refractivity contribution in [2.24, 2.45) is 5.41 Å². The van der Waals surface area contributed by atoms with Gasteiger partial charge in [0.05, 0.1) is 30.2 Å². The van der Waals surface area contributed by atoms with E-state index in [0.717, 1.165) is 10.6 Å². The number of barbiturate groups is 1. The molecule has 3 aliphatic rings. The number of urea groups is 1. The molecule has 0 aliphatic carbocycles. The number of benzene rings is 3. The molecule has 8 nitrogen and oxygen atoms in total. The van der Waals surface area contributed by atoms with Crippen LogP contribution >= 0.6 is 0 Å². The third-order valence-corrected chi connectivity index (χ3v) is 7.63. The van der Waals surface area contributed by atoms with E-state index >= 15 is 4.39 Å². The smallest absolute Gasteiger partial charge is 0.335 e. The van der Waals surface area contributed by atoms with Crippen LogP contribution in [0.4, 0.5) is 26.2 Å². The molecule has 0 radical (unpaired) electrons. The van der Waals surface area contributed by atoms with Crippen molar-refractivity contribution in [1.82, 2.24) is 5.32 Å². The van der Waals surface area contributed by atoms with Gasteiger partial charge in [-0.2, -0.15) is 0 Å². The second kappa shape index (κ2) is 8.62. The van der Waals surface area contributed by atoms with Gasteiger partial charge >= 0.3 is 6.03 Å². The Morgan fingerprint density at radius 2 is 1.70 bits per heavy atom. The Morgan fingerprint density at radius 1 is 0.946 bits per heavy atom. The monoisotopic (exact) mass is 500 g/mol. The molecule has 3 aromatic carbocycles. The van der Waals surface area contributed by atoms with Crippen LogP contribution in [0.2, 0.25) is 0 Å². The highest BCUT2D eigenvalue weighted by Crippen LogP contribution is 2.48. The molecule has 37 heavy (non-hydrogen) atoms. The highest BCUT2D eigenvalue weighted by molar-refractivity contribution is 6.30. The van der Waals surface area contributed by atoms with E-state index in [0.29, 0.717) is 35.8 Å². The number of nitrogens with one attached hydrogen (secondary N) is 1. The first-order valence-corrected chi connectivity index (χ1v) is 12.1. The number of carbonyl (C=O) groups excluding carboxylic acids is 3. The van der Waals surface area contributed by atoms with Crippen LogP contribution in [0.5, 0.6) is 5.75 Å². The van der Waals surface area contributed by atoms with E-state index in [1.165, 1.54) is 6.07 Å².